The number of nitrogens with one attached hydrogen (secondary N) is 1. The summed E-state index contributed by atoms with van der Waals surface area (Å²) in [6.45, 7) is 42.3. The van der Waals surface area contributed by atoms with Gasteiger partial charge in [-0.25, -0.2) is 0 Å². The molecule has 0 aliphatic carbocycles. The van der Waals surface area contributed by atoms with Gasteiger partial charge in [-0.2, -0.15) is 15.2 Å². The molecule has 3 heterocycles. The lowest BCUT2D eigenvalue weighted by molar-refractivity contribution is -0.194. The Kier molecular flexibility index (Phi) is 13.0. The third-order valence-electron chi connectivity index (χ3n) is 9.97. The maximum Gasteiger partial charge on any atom is 0.220 e. The van der Waals surface area contributed by atoms with E-state index in [-0.39, 0.29) is 45.2 Å². The monoisotopic (exact) mass is 693 g/mol. The summed E-state index contributed by atoms with van der Waals surface area (Å²) in [5.41, 5.74) is -0.444. The van der Waals surface area contributed by atoms with Crippen LogP contribution >= 0.6 is 0 Å². The van der Waals surface area contributed by atoms with Gasteiger partial charge in [0.25, 0.3) is 0 Å². The van der Waals surface area contributed by atoms with Crippen molar-refractivity contribution < 1.29 is 25.2 Å². The van der Waals surface area contributed by atoms with E-state index in [0.717, 1.165) is 12.8 Å². The highest BCUT2D eigenvalue weighted by atomic mass is 16.5. The predicted octanol–water partition coefficient (Wildman–Crippen LogP) is 8.96. The van der Waals surface area contributed by atoms with E-state index in [1.54, 1.807) is 0 Å². The summed E-state index contributed by atoms with van der Waals surface area (Å²) in [4.78, 5) is 24.3. The molecule has 0 aromatic heterocycles. The molecule has 1 fully saturated rings. The topological polar surface area (TPSA) is 117 Å². The van der Waals surface area contributed by atoms with Crippen molar-refractivity contribution in [1.82, 2.24) is 20.5 Å². The molecule has 1 atom stereocenters. The molecule has 1 saturated heterocycles. The van der Waals surface area contributed by atoms with E-state index in [0.29, 0.717) is 12.0 Å². The van der Waals surface area contributed by atoms with E-state index < -0.39 is 22.0 Å². The van der Waals surface area contributed by atoms with Crippen LogP contribution in [0.15, 0.2) is 23.3 Å². The van der Waals surface area contributed by atoms with Crippen LogP contribution in [0.4, 0.5) is 0 Å². The fourth-order valence-electron chi connectivity index (χ4n) is 7.25. The van der Waals surface area contributed by atoms with Crippen molar-refractivity contribution in [1.29, 1.82) is 0 Å². The Morgan fingerprint density at radius 1 is 0.694 bits per heavy atom. The first-order valence-electron chi connectivity index (χ1n) is 18.0. The van der Waals surface area contributed by atoms with Crippen molar-refractivity contribution in [3.05, 3.63) is 23.3 Å². The Morgan fingerprint density at radius 3 is 1.41 bits per heavy atom. The fraction of sp³-hybridized carbons (Fsp3) is 0.850. The third kappa shape index (κ3) is 10.9. The first-order valence-corrected chi connectivity index (χ1v) is 18.0. The molecular weight excluding hydrogens is 616 g/mol. The van der Waals surface area contributed by atoms with E-state index in [1.807, 2.05) is 96.1 Å². The quantitative estimate of drug-likeness (QED) is 0.216. The van der Waals surface area contributed by atoms with Gasteiger partial charge in [-0.1, -0.05) is 74.5 Å². The standard InChI is InChI=1S/C14H28N2O2.C13H23NO2.C13H25NO/c1-12(2,3)9-11(17)15-10-8-13(4,5)16(18)14(10,6)7;1-11(2,3)10(15)9-8-12(4,5)14(16)13(9,6)7;1-11(2,3)8-10-9-12(4,5)14(15)13(10,6)7/h10,18H,8-9H2,1-7H3,(H,15,17);8,16H,1-7H3;9,15H,8H2,1-7H3. The molecule has 9 heteroatoms. The smallest absolute Gasteiger partial charge is 0.220 e. The number of hydroxylamine groups is 6. The number of hydrogen-bond donors (Lipinski definition) is 4. The molecule has 0 radical (unpaired) electrons. The maximum absolute atomic E-state index is 12.3. The second-order valence-corrected chi connectivity index (χ2v) is 21.4. The minimum atomic E-state index is -0.617. The summed E-state index contributed by atoms with van der Waals surface area (Å²) in [5, 5.41) is 37.6. The Hall–Kier alpha value is -1.62. The number of Topliss-reactive ketones (excluding diaryl/α,β-unsaturated/α-hetero) is 1. The number of hydrogen-bond acceptors (Lipinski definition) is 8. The van der Waals surface area contributed by atoms with Crippen molar-refractivity contribution in [2.45, 2.75) is 204 Å². The zero-order valence-electron chi connectivity index (χ0n) is 35.4. The van der Waals surface area contributed by atoms with Gasteiger partial charge in [0.2, 0.25) is 5.91 Å². The number of nitrogens with zero attached hydrogens (tertiary/aromatic N) is 3. The second-order valence-electron chi connectivity index (χ2n) is 21.4. The van der Waals surface area contributed by atoms with E-state index in [4.69, 9.17) is 0 Å². The van der Waals surface area contributed by atoms with Crippen molar-refractivity contribution in [2.24, 2.45) is 16.2 Å². The lowest BCUT2D eigenvalue weighted by Crippen LogP contribution is -2.53. The highest BCUT2D eigenvalue weighted by Gasteiger charge is 2.52. The van der Waals surface area contributed by atoms with Gasteiger partial charge >= 0.3 is 0 Å². The summed E-state index contributed by atoms with van der Waals surface area (Å²) >= 11 is 0. The minimum absolute atomic E-state index is 0.0126. The van der Waals surface area contributed by atoms with Gasteiger partial charge in [0.1, 0.15) is 0 Å². The third-order valence-corrected chi connectivity index (χ3v) is 9.97. The van der Waals surface area contributed by atoms with Gasteiger partial charge in [0, 0.05) is 22.9 Å². The van der Waals surface area contributed by atoms with Crippen LogP contribution in [0.3, 0.4) is 0 Å². The lowest BCUT2D eigenvalue weighted by Gasteiger charge is -2.37. The summed E-state index contributed by atoms with van der Waals surface area (Å²) in [7, 11) is 0. The minimum Gasteiger partial charge on any atom is -0.351 e. The largest absolute Gasteiger partial charge is 0.351 e. The van der Waals surface area contributed by atoms with E-state index in [9.17, 15) is 25.2 Å². The van der Waals surface area contributed by atoms with Gasteiger partial charge < -0.3 is 20.9 Å². The highest BCUT2D eigenvalue weighted by Crippen LogP contribution is 2.44. The molecule has 0 bridgehead atoms. The Labute approximate surface area is 300 Å². The SMILES string of the molecule is CC(C)(C)C(=O)C1=CC(C)(C)N(O)C1(C)C.CC(C)(C)CC(=O)NC1CC(C)(C)N(O)C1(C)C.CC(C)(C)CC1=CC(C)(C)N(O)C1(C)C. The fourth-order valence-corrected chi connectivity index (χ4v) is 7.25. The average molecular weight is 693 g/mol. The van der Waals surface area contributed by atoms with E-state index >= 15 is 0 Å². The number of amides is 1. The summed E-state index contributed by atoms with van der Waals surface area (Å²) in [6, 6.07) is -0.0210. The lowest BCUT2D eigenvalue weighted by atomic mass is 9.80. The van der Waals surface area contributed by atoms with Crippen LogP contribution in [0, 0.1) is 16.2 Å². The summed E-state index contributed by atoms with van der Waals surface area (Å²) in [6.07, 6.45) is 6.37. The van der Waals surface area contributed by atoms with Crippen LogP contribution in [0.2, 0.25) is 0 Å². The van der Waals surface area contributed by atoms with E-state index in [2.05, 4.69) is 66.8 Å². The van der Waals surface area contributed by atoms with Crippen molar-refractivity contribution in [3.63, 3.8) is 0 Å². The number of carbonyl (C=O) groups is 2. The van der Waals surface area contributed by atoms with Crippen LogP contribution in [0.5, 0.6) is 0 Å². The molecule has 3 rings (SSSR count). The molecule has 286 valence electrons. The zero-order chi connectivity index (χ0) is 39.4. The van der Waals surface area contributed by atoms with Crippen LogP contribution in [-0.2, 0) is 9.59 Å². The predicted molar refractivity (Wildman–Crippen MR) is 201 cm³/mol. The molecule has 9 nitrogen and oxygen atoms in total. The number of rotatable bonds is 4. The van der Waals surface area contributed by atoms with Gasteiger partial charge in [-0.15, -0.1) is 0 Å². The molecule has 4 N–H and O–H groups in total. The first-order chi connectivity index (χ1) is 21.2. The summed E-state index contributed by atoms with van der Waals surface area (Å²) in [5.74, 6) is 0.161. The van der Waals surface area contributed by atoms with Crippen LogP contribution in [0.25, 0.3) is 0 Å². The highest BCUT2D eigenvalue weighted by molar-refractivity contribution is 6.01. The first kappa shape index (κ1) is 45.4. The van der Waals surface area contributed by atoms with Crippen molar-refractivity contribution in [2.75, 3.05) is 0 Å². The molecule has 0 spiro atoms. The molecular formula is C40H76N4O5. The average Bonchev–Trinajstić information content (AvgIpc) is 3.19. The van der Waals surface area contributed by atoms with Gasteiger partial charge in [-0.3, -0.25) is 9.59 Å². The Morgan fingerprint density at radius 2 is 1.12 bits per heavy atom. The molecule has 49 heavy (non-hydrogen) atoms. The molecule has 3 aliphatic rings. The molecule has 1 unspecified atom stereocenters. The second kappa shape index (κ2) is 14.1. The summed E-state index contributed by atoms with van der Waals surface area (Å²) < 4.78 is 0. The Balaban J connectivity index is 0.000000369. The molecule has 1 amide bonds. The Bertz CT molecular complexity index is 1270. The number of carbonyl (C=O) groups excluding carboxylic acids is 2. The maximum atomic E-state index is 12.3. The van der Waals surface area contributed by atoms with Gasteiger partial charge in [0.15, 0.2) is 5.78 Å². The molecule has 0 aromatic carbocycles. The zero-order valence-corrected chi connectivity index (χ0v) is 35.4. The van der Waals surface area contributed by atoms with Gasteiger partial charge in [0.05, 0.1) is 33.7 Å². The van der Waals surface area contributed by atoms with Crippen molar-refractivity contribution in [3.8, 4) is 0 Å². The van der Waals surface area contributed by atoms with Crippen LogP contribution in [0.1, 0.15) is 165 Å². The normalized spacial score (nSPS) is 25.8. The van der Waals surface area contributed by atoms with E-state index in [1.165, 1.54) is 20.8 Å². The molecule has 3 aliphatic heterocycles. The molecule has 0 aromatic rings. The van der Waals surface area contributed by atoms with Crippen LogP contribution < -0.4 is 5.32 Å². The molecule has 0 saturated carbocycles. The van der Waals surface area contributed by atoms with Crippen LogP contribution in [-0.4, -0.2) is 81.8 Å². The van der Waals surface area contributed by atoms with Crippen molar-refractivity contribution >= 4 is 11.7 Å². The van der Waals surface area contributed by atoms with Gasteiger partial charge in [-0.05, 0) is 112 Å². The number of ketones is 1.